The van der Waals surface area contributed by atoms with Crippen molar-refractivity contribution in [1.29, 1.82) is 0 Å². The van der Waals surface area contributed by atoms with Crippen molar-refractivity contribution in [3.8, 4) is 0 Å². The van der Waals surface area contributed by atoms with E-state index in [0.29, 0.717) is 31.3 Å². The molecule has 0 radical (unpaired) electrons. The van der Waals surface area contributed by atoms with Crippen molar-refractivity contribution in [2.45, 2.75) is 4.90 Å². The van der Waals surface area contributed by atoms with Gasteiger partial charge in [-0.05, 0) is 18.2 Å². The van der Waals surface area contributed by atoms with Crippen LogP contribution in [0.2, 0.25) is 5.02 Å². The van der Waals surface area contributed by atoms with Crippen molar-refractivity contribution >= 4 is 27.3 Å². The number of nitrogens with one attached hydrogen (secondary N) is 1. The minimum atomic E-state index is -3.60. The van der Waals surface area contributed by atoms with E-state index in [-0.39, 0.29) is 10.6 Å². The lowest BCUT2D eigenvalue weighted by Gasteiger charge is -2.26. The van der Waals surface area contributed by atoms with Crippen molar-refractivity contribution in [3.63, 3.8) is 0 Å². The number of halogens is 1. The topological polar surface area (TPSA) is 84.7 Å². The van der Waals surface area contributed by atoms with E-state index in [2.05, 4.69) is 9.62 Å². The van der Waals surface area contributed by atoms with E-state index < -0.39 is 10.0 Å². The summed E-state index contributed by atoms with van der Waals surface area (Å²) in [5, 5.41) is 0.412. The second kappa shape index (κ2) is 6.73. The van der Waals surface area contributed by atoms with E-state index in [1.165, 1.54) is 18.2 Å². The molecule has 1 aliphatic heterocycles. The van der Waals surface area contributed by atoms with Gasteiger partial charge >= 0.3 is 0 Å². The molecule has 6 nitrogen and oxygen atoms in total. The minimum absolute atomic E-state index is 0.0591. The molecule has 1 aliphatic rings. The van der Waals surface area contributed by atoms with Gasteiger partial charge in [-0.15, -0.1) is 0 Å². The third-order valence-corrected chi connectivity index (χ3v) is 4.86. The maximum absolute atomic E-state index is 12.1. The molecule has 20 heavy (non-hydrogen) atoms. The summed E-state index contributed by atoms with van der Waals surface area (Å²) in [7, 11) is -3.60. The molecular formula is C12H18ClN3O3S. The number of anilines is 1. The second-order valence-electron chi connectivity index (χ2n) is 4.53. The largest absolute Gasteiger partial charge is 0.398 e. The number of nitrogen functional groups attached to an aromatic ring is 1. The van der Waals surface area contributed by atoms with Gasteiger partial charge in [0, 0.05) is 31.2 Å². The van der Waals surface area contributed by atoms with Gasteiger partial charge in [0.2, 0.25) is 10.0 Å². The van der Waals surface area contributed by atoms with Crippen LogP contribution in [-0.4, -0.2) is 52.7 Å². The van der Waals surface area contributed by atoms with Crippen LogP contribution in [0.4, 0.5) is 5.69 Å². The van der Waals surface area contributed by atoms with E-state index in [4.69, 9.17) is 22.1 Å². The number of morpholine rings is 1. The lowest BCUT2D eigenvalue weighted by molar-refractivity contribution is 0.0390. The number of ether oxygens (including phenoxy) is 1. The summed E-state index contributed by atoms with van der Waals surface area (Å²) < 4.78 is 32.0. The Morgan fingerprint density at radius 3 is 2.70 bits per heavy atom. The molecule has 0 saturated carbocycles. The number of hydrogen-bond acceptors (Lipinski definition) is 5. The molecule has 0 bridgehead atoms. The van der Waals surface area contributed by atoms with Crippen LogP contribution in [0.5, 0.6) is 0 Å². The second-order valence-corrected chi connectivity index (χ2v) is 6.71. The molecule has 3 N–H and O–H groups in total. The average molecular weight is 320 g/mol. The molecule has 112 valence electrons. The number of nitrogens with zero attached hydrogens (tertiary/aromatic N) is 1. The summed E-state index contributed by atoms with van der Waals surface area (Å²) in [5.41, 5.74) is 5.84. The summed E-state index contributed by atoms with van der Waals surface area (Å²) in [5.74, 6) is 0. The van der Waals surface area contributed by atoms with Crippen molar-refractivity contribution in [2.75, 3.05) is 45.1 Å². The standard InChI is InChI=1S/C12H18ClN3O3S/c13-10-1-2-12(11(14)9-10)20(17,18)15-3-4-16-5-7-19-8-6-16/h1-2,9,15H,3-8,14H2. The normalized spacial score (nSPS) is 17.2. The Morgan fingerprint density at radius 2 is 2.05 bits per heavy atom. The fraction of sp³-hybridized carbons (Fsp3) is 0.500. The molecule has 0 unspecified atom stereocenters. The summed E-state index contributed by atoms with van der Waals surface area (Å²) in [6.07, 6.45) is 0. The fourth-order valence-corrected chi connectivity index (χ4v) is 3.32. The highest BCUT2D eigenvalue weighted by atomic mass is 35.5. The van der Waals surface area contributed by atoms with Crippen LogP contribution < -0.4 is 10.5 Å². The quantitative estimate of drug-likeness (QED) is 0.774. The van der Waals surface area contributed by atoms with Gasteiger partial charge in [-0.1, -0.05) is 11.6 Å². The number of sulfonamides is 1. The molecule has 0 atom stereocenters. The van der Waals surface area contributed by atoms with Gasteiger partial charge in [0.15, 0.2) is 0 Å². The van der Waals surface area contributed by atoms with Gasteiger partial charge in [-0.3, -0.25) is 4.90 Å². The van der Waals surface area contributed by atoms with Crippen molar-refractivity contribution in [3.05, 3.63) is 23.2 Å². The SMILES string of the molecule is Nc1cc(Cl)ccc1S(=O)(=O)NCCN1CCOCC1. The first-order valence-electron chi connectivity index (χ1n) is 6.34. The molecule has 1 aromatic carbocycles. The van der Waals surface area contributed by atoms with E-state index >= 15 is 0 Å². The zero-order valence-corrected chi connectivity index (χ0v) is 12.6. The lowest BCUT2D eigenvalue weighted by atomic mass is 10.3. The van der Waals surface area contributed by atoms with E-state index in [1.54, 1.807) is 0 Å². The molecule has 0 aromatic heterocycles. The average Bonchev–Trinajstić information content (AvgIpc) is 2.39. The summed E-state index contributed by atoms with van der Waals surface area (Å²) >= 11 is 5.76. The van der Waals surface area contributed by atoms with Crippen LogP contribution in [0.25, 0.3) is 0 Å². The number of nitrogens with two attached hydrogens (primary N) is 1. The van der Waals surface area contributed by atoms with Crippen molar-refractivity contribution in [1.82, 2.24) is 9.62 Å². The third-order valence-electron chi connectivity index (χ3n) is 3.09. The molecule has 8 heteroatoms. The Hall–Kier alpha value is -0.860. The highest BCUT2D eigenvalue weighted by Gasteiger charge is 2.18. The van der Waals surface area contributed by atoms with Crippen LogP contribution in [0.15, 0.2) is 23.1 Å². The van der Waals surface area contributed by atoms with Crippen molar-refractivity contribution < 1.29 is 13.2 Å². The third kappa shape index (κ3) is 4.07. The highest BCUT2D eigenvalue weighted by Crippen LogP contribution is 2.22. The van der Waals surface area contributed by atoms with Crippen LogP contribution in [0.1, 0.15) is 0 Å². The molecule has 1 fully saturated rings. The van der Waals surface area contributed by atoms with Gasteiger partial charge in [-0.2, -0.15) is 0 Å². The Bertz CT molecular complexity index is 559. The summed E-state index contributed by atoms with van der Waals surface area (Å²) in [4.78, 5) is 2.21. The maximum atomic E-state index is 12.1. The van der Waals surface area contributed by atoms with Gasteiger partial charge in [0.25, 0.3) is 0 Å². The van der Waals surface area contributed by atoms with E-state index in [1.807, 2.05) is 0 Å². The van der Waals surface area contributed by atoms with Gasteiger partial charge in [0.1, 0.15) is 4.90 Å². The van der Waals surface area contributed by atoms with Gasteiger partial charge in [0.05, 0.1) is 18.9 Å². The Morgan fingerprint density at radius 1 is 1.35 bits per heavy atom. The molecule has 1 saturated heterocycles. The maximum Gasteiger partial charge on any atom is 0.242 e. The Labute approximate surface area is 123 Å². The zero-order chi connectivity index (χ0) is 14.6. The first-order valence-corrected chi connectivity index (χ1v) is 8.20. The Kier molecular flexibility index (Phi) is 5.22. The molecule has 0 spiro atoms. The monoisotopic (exact) mass is 319 g/mol. The smallest absolute Gasteiger partial charge is 0.242 e. The van der Waals surface area contributed by atoms with Gasteiger partial charge in [-0.25, -0.2) is 13.1 Å². The zero-order valence-electron chi connectivity index (χ0n) is 11.0. The minimum Gasteiger partial charge on any atom is -0.398 e. The molecule has 1 aromatic rings. The van der Waals surface area contributed by atoms with Crippen molar-refractivity contribution in [2.24, 2.45) is 0 Å². The van der Waals surface area contributed by atoms with Crippen LogP contribution >= 0.6 is 11.6 Å². The van der Waals surface area contributed by atoms with Crippen LogP contribution in [0, 0.1) is 0 Å². The molecular weight excluding hydrogens is 302 g/mol. The van der Waals surface area contributed by atoms with Gasteiger partial charge < -0.3 is 10.5 Å². The highest BCUT2D eigenvalue weighted by molar-refractivity contribution is 7.89. The molecule has 0 amide bonds. The summed E-state index contributed by atoms with van der Waals surface area (Å²) in [6, 6.07) is 4.35. The van der Waals surface area contributed by atoms with E-state index in [0.717, 1.165) is 13.1 Å². The number of benzene rings is 1. The predicted molar refractivity (Wildman–Crippen MR) is 78.3 cm³/mol. The molecule has 0 aliphatic carbocycles. The number of hydrogen-bond donors (Lipinski definition) is 2. The Balaban J connectivity index is 1.93. The number of rotatable bonds is 5. The molecule has 1 heterocycles. The predicted octanol–water partition coefficient (Wildman–Crippen LogP) is 0.533. The molecule has 2 rings (SSSR count). The fourth-order valence-electron chi connectivity index (χ4n) is 2.00. The van der Waals surface area contributed by atoms with E-state index in [9.17, 15) is 8.42 Å². The summed E-state index contributed by atoms with van der Waals surface area (Å²) in [6.45, 7) is 4.02. The first-order chi connectivity index (χ1) is 9.49. The lowest BCUT2D eigenvalue weighted by Crippen LogP contribution is -2.41. The first kappa shape index (κ1) is 15.5. The van der Waals surface area contributed by atoms with Crippen LogP contribution in [-0.2, 0) is 14.8 Å². The van der Waals surface area contributed by atoms with Crippen LogP contribution in [0.3, 0.4) is 0 Å².